The number of hydrogen-bond acceptors (Lipinski definition) is 6. The fourth-order valence-electron chi connectivity index (χ4n) is 4.24. The molecule has 1 N–H and O–H groups in total. The van der Waals surface area contributed by atoms with Gasteiger partial charge in [0.1, 0.15) is 5.01 Å². The Hall–Kier alpha value is -3.76. The van der Waals surface area contributed by atoms with Gasteiger partial charge >= 0.3 is 11.9 Å². The highest BCUT2D eigenvalue weighted by Crippen LogP contribution is 2.37. The Morgan fingerprint density at radius 2 is 1.78 bits per heavy atom. The number of halogens is 3. The monoisotopic (exact) mass is 525 g/mol. The minimum atomic E-state index is -4.38. The molecule has 2 aromatic heterocycles. The molecule has 6 nitrogen and oxygen atoms in total. The third-order valence-corrected chi connectivity index (χ3v) is 7.40. The molecule has 0 spiro atoms. The predicted octanol–water partition coefficient (Wildman–Crippen LogP) is 7.30. The lowest BCUT2D eigenvalue weighted by atomic mass is 9.99. The second kappa shape index (κ2) is 9.95. The maximum absolute atomic E-state index is 12.9. The van der Waals surface area contributed by atoms with Crippen LogP contribution >= 0.6 is 11.3 Å². The highest BCUT2D eigenvalue weighted by molar-refractivity contribution is 7.15. The van der Waals surface area contributed by atoms with Crippen LogP contribution in [0.3, 0.4) is 0 Å². The number of rotatable bonds is 7. The maximum atomic E-state index is 12.9. The van der Waals surface area contributed by atoms with Crippen molar-refractivity contribution in [2.45, 2.75) is 39.2 Å². The van der Waals surface area contributed by atoms with Gasteiger partial charge in [-0.05, 0) is 41.8 Å². The molecule has 2 heterocycles. The van der Waals surface area contributed by atoms with Crippen molar-refractivity contribution in [3.05, 3.63) is 92.9 Å². The Morgan fingerprint density at radius 1 is 1.05 bits per heavy atom. The summed E-state index contributed by atoms with van der Waals surface area (Å²) in [5.41, 5.74) is 2.45. The van der Waals surface area contributed by atoms with Gasteiger partial charge in [0.15, 0.2) is 5.82 Å². The van der Waals surface area contributed by atoms with E-state index >= 15 is 0 Å². The molecule has 3 aromatic carbocycles. The lowest BCUT2D eigenvalue weighted by molar-refractivity contribution is -0.137. The molecule has 0 radical (unpaired) electrons. The second-order valence-corrected chi connectivity index (χ2v) is 9.54. The third kappa shape index (κ3) is 5.07. The summed E-state index contributed by atoms with van der Waals surface area (Å²) >= 11 is 1.43. The van der Waals surface area contributed by atoms with Gasteiger partial charge in [0.2, 0.25) is 0 Å². The van der Waals surface area contributed by atoms with Crippen LogP contribution in [-0.4, -0.2) is 15.1 Å². The van der Waals surface area contributed by atoms with Crippen LogP contribution in [0.25, 0.3) is 32.7 Å². The Balaban J connectivity index is 1.39. The Morgan fingerprint density at radius 3 is 2.43 bits per heavy atom. The summed E-state index contributed by atoms with van der Waals surface area (Å²) in [6, 6.07) is 16.6. The highest BCUT2D eigenvalue weighted by Gasteiger charge is 2.30. The summed E-state index contributed by atoms with van der Waals surface area (Å²) in [6.07, 6.45) is -3.91. The van der Waals surface area contributed by atoms with Crippen molar-refractivity contribution in [2.75, 3.05) is 0 Å². The van der Waals surface area contributed by atoms with Crippen molar-refractivity contribution >= 4 is 22.1 Å². The standard InChI is InChI=1S/C27H22F3N3O3S/c1-3-22(23-15(2)31-25(37-23)16-8-11-18(12-9-16)27(28,29)30)35-14-17-10-13-21(24-32-26(34)36-33-24)20-7-5-4-6-19(17)20/h4-13,22H,3,14H2,1-2H3,(H,32,33,34). The summed E-state index contributed by atoms with van der Waals surface area (Å²) in [4.78, 5) is 19.6. The minimum absolute atomic E-state index is 0.231. The second-order valence-electron chi connectivity index (χ2n) is 8.51. The Kier molecular flexibility index (Phi) is 6.70. The van der Waals surface area contributed by atoms with Crippen LogP contribution in [0.2, 0.25) is 0 Å². The molecule has 0 saturated heterocycles. The number of nitrogens with one attached hydrogen (secondary N) is 1. The number of H-pyrrole nitrogens is 1. The summed E-state index contributed by atoms with van der Waals surface area (Å²) in [7, 11) is 0. The molecule has 5 rings (SSSR count). The van der Waals surface area contributed by atoms with Crippen LogP contribution in [-0.2, 0) is 17.5 Å². The zero-order valence-corrected chi connectivity index (χ0v) is 20.7. The van der Waals surface area contributed by atoms with Gasteiger partial charge in [-0.15, -0.1) is 11.3 Å². The molecular weight excluding hydrogens is 503 g/mol. The van der Waals surface area contributed by atoms with Crippen LogP contribution < -0.4 is 5.76 Å². The molecule has 0 aliphatic heterocycles. The van der Waals surface area contributed by atoms with Crippen molar-refractivity contribution < 1.29 is 22.4 Å². The predicted molar refractivity (Wildman–Crippen MR) is 135 cm³/mol. The molecular formula is C27H22F3N3O3S. The van der Waals surface area contributed by atoms with Crippen molar-refractivity contribution in [1.29, 1.82) is 0 Å². The highest BCUT2D eigenvalue weighted by atomic mass is 32.1. The summed E-state index contributed by atoms with van der Waals surface area (Å²) < 4.78 is 49.8. The molecule has 1 unspecified atom stereocenters. The van der Waals surface area contributed by atoms with Crippen LogP contribution in [0.5, 0.6) is 0 Å². The first-order valence-electron chi connectivity index (χ1n) is 11.6. The zero-order valence-electron chi connectivity index (χ0n) is 19.9. The number of ether oxygens (including phenoxy) is 1. The van der Waals surface area contributed by atoms with E-state index in [1.807, 2.05) is 50.2 Å². The number of hydrogen-bond donors (Lipinski definition) is 1. The first kappa shape index (κ1) is 24.9. The van der Waals surface area contributed by atoms with Gasteiger partial charge in [-0.2, -0.15) is 13.2 Å². The van der Waals surface area contributed by atoms with E-state index in [4.69, 9.17) is 4.74 Å². The third-order valence-electron chi connectivity index (χ3n) is 6.10. The number of aromatic amines is 1. The molecule has 0 aliphatic rings. The van der Waals surface area contributed by atoms with E-state index in [1.165, 1.54) is 23.5 Å². The molecule has 37 heavy (non-hydrogen) atoms. The molecule has 5 aromatic rings. The van der Waals surface area contributed by atoms with Crippen LogP contribution in [0, 0.1) is 6.92 Å². The van der Waals surface area contributed by atoms with Gasteiger partial charge in [-0.3, -0.25) is 9.51 Å². The smallest absolute Gasteiger partial charge is 0.368 e. The van der Waals surface area contributed by atoms with E-state index < -0.39 is 17.5 Å². The maximum Gasteiger partial charge on any atom is 0.439 e. The number of aryl methyl sites for hydroxylation is 1. The quantitative estimate of drug-likeness (QED) is 0.241. The number of aromatic nitrogens is 3. The van der Waals surface area contributed by atoms with Crippen molar-refractivity contribution in [1.82, 2.24) is 15.1 Å². The number of nitrogens with zero attached hydrogens (tertiary/aromatic N) is 2. The van der Waals surface area contributed by atoms with Gasteiger partial charge in [-0.25, -0.2) is 9.78 Å². The fraction of sp³-hybridized carbons (Fsp3) is 0.222. The number of thiazole rings is 1. The average Bonchev–Trinajstić information content (AvgIpc) is 3.49. The van der Waals surface area contributed by atoms with Crippen LogP contribution in [0.4, 0.5) is 13.2 Å². The zero-order chi connectivity index (χ0) is 26.2. The summed E-state index contributed by atoms with van der Waals surface area (Å²) in [5.74, 6) is -0.260. The molecule has 0 aliphatic carbocycles. The fourth-order valence-corrected chi connectivity index (χ4v) is 5.45. The number of benzene rings is 3. The molecule has 0 fully saturated rings. The van der Waals surface area contributed by atoms with Crippen LogP contribution in [0.15, 0.2) is 70.0 Å². The van der Waals surface area contributed by atoms with E-state index in [-0.39, 0.29) is 6.10 Å². The first-order valence-corrected chi connectivity index (χ1v) is 12.4. The van der Waals surface area contributed by atoms with Gasteiger partial charge in [0, 0.05) is 11.1 Å². The van der Waals surface area contributed by atoms with E-state index in [0.29, 0.717) is 29.4 Å². The molecule has 0 amide bonds. The van der Waals surface area contributed by atoms with E-state index in [1.54, 1.807) is 0 Å². The van der Waals surface area contributed by atoms with Crippen LogP contribution in [0.1, 0.15) is 41.1 Å². The number of alkyl halides is 3. The van der Waals surface area contributed by atoms with Gasteiger partial charge in [0.05, 0.1) is 28.8 Å². The van der Waals surface area contributed by atoms with E-state index in [0.717, 1.165) is 44.6 Å². The Labute approximate surface area is 213 Å². The molecule has 10 heteroatoms. The first-order chi connectivity index (χ1) is 17.7. The minimum Gasteiger partial charge on any atom is -0.368 e. The lowest BCUT2D eigenvalue weighted by Gasteiger charge is -2.17. The van der Waals surface area contributed by atoms with Crippen molar-refractivity contribution in [3.8, 4) is 22.0 Å². The molecule has 190 valence electrons. The summed E-state index contributed by atoms with van der Waals surface area (Å²) in [6.45, 7) is 4.24. The SMILES string of the molecule is CCC(OCc1ccc(-c2noc(=O)[nH]2)c2ccccc12)c1sc(-c2ccc(C(F)(F)F)cc2)nc1C. The largest absolute Gasteiger partial charge is 0.439 e. The van der Waals surface area contributed by atoms with Gasteiger partial charge in [0.25, 0.3) is 0 Å². The number of fused-ring (bicyclic) bond motifs is 1. The Bertz CT molecular complexity index is 1600. The molecule has 0 bridgehead atoms. The van der Waals surface area contributed by atoms with E-state index in [2.05, 4.69) is 19.6 Å². The van der Waals surface area contributed by atoms with E-state index in [9.17, 15) is 18.0 Å². The topological polar surface area (TPSA) is 81.0 Å². The van der Waals surface area contributed by atoms with Crippen molar-refractivity contribution in [2.24, 2.45) is 0 Å². The molecule has 1 atom stereocenters. The molecule has 0 saturated carbocycles. The van der Waals surface area contributed by atoms with Gasteiger partial charge in [-0.1, -0.05) is 60.6 Å². The normalized spacial score (nSPS) is 12.8. The summed E-state index contributed by atoms with van der Waals surface area (Å²) in [5, 5.41) is 6.33. The van der Waals surface area contributed by atoms with Crippen molar-refractivity contribution in [3.63, 3.8) is 0 Å². The lowest BCUT2D eigenvalue weighted by Crippen LogP contribution is -2.04. The average molecular weight is 526 g/mol. The van der Waals surface area contributed by atoms with Gasteiger partial charge < -0.3 is 4.74 Å².